The number of benzene rings is 1. The Hall–Kier alpha value is -1.47. The Kier molecular flexibility index (Phi) is 9.56. The van der Waals surface area contributed by atoms with Crippen LogP contribution in [0.3, 0.4) is 0 Å². The average Bonchev–Trinajstić information content (AvgIpc) is 2.52. The predicted molar refractivity (Wildman–Crippen MR) is 94.3 cm³/mol. The molecule has 0 fully saturated rings. The molecule has 1 aromatic carbocycles. The van der Waals surface area contributed by atoms with E-state index in [1.54, 1.807) is 0 Å². The lowest BCUT2D eigenvalue weighted by Gasteiger charge is -2.09. The number of hydrogen-bond acceptors (Lipinski definition) is 3. The largest absolute Gasteiger partial charge is 0.381 e. The number of amides is 2. The summed E-state index contributed by atoms with van der Waals surface area (Å²) in [5, 5.41) is 5.37. The Bertz CT molecular complexity index is 553. The van der Waals surface area contributed by atoms with Crippen LogP contribution in [0.25, 0.3) is 0 Å². The number of hydrogen-bond donors (Lipinski definition) is 2. The SMILES string of the molecule is CC(C)COCCCNC(=O)CCNC(=O)c1cc(F)ccc1Br. The quantitative estimate of drug-likeness (QED) is 0.591. The monoisotopic (exact) mass is 402 g/mol. The van der Waals surface area contributed by atoms with Crippen molar-refractivity contribution in [1.82, 2.24) is 10.6 Å². The first kappa shape index (κ1) is 20.6. The van der Waals surface area contributed by atoms with Crippen molar-refractivity contribution in [2.75, 3.05) is 26.3 Å². The molecule has 24 heavy (non-hydrogen) atoms. The molecule has 0 saturated heterocycles. The van der Waals surface area contributed by atoms with Gasteiger partial charge < -0.3 is 15.4 Å². The number of carbonyl (C=O) groups excluding carboxylic acids is 2. The summed E-state index contributed by atoms with van der Waals surface area (Å²) >= 11 is 3.20. The van der Waals surface area contributed by atoms with Crippen LogP contribution in [0, 0.1) is 11.7 Å². The van der Waals surface area contributed by atoms with E-state index in [0.717, 1.165) is 19.1 Å². The van der Waals surface area contributed by atoms with Crippen LogP contribution < -0.4 is 10.6 Å². The molecule has 2 amide bonds. The normalized spacial score (nSPS) is 10.7. The summed E-state index contributed by atoms with van der Waals surface area (Å²) in [6.45, 7) is 6.23. The van der Waals surface area contributed by atoms with Crippen molar-refractivity contribution in [3.05, 3.63) is 34.1 Å². The molecule has 0 unspecified atom stereocenters. The fourth-order valence-electron chi connectivity index (χ4n) is 1.87. The summed E-state index contributed by atoms with van der Waals surface area (Å²) in [5.41, 5.74) is 0.206. The fourth-order valence-corrected chi connectivity index (χ4v) is 2.29. The molecule has 1 aromatic rings. The molecule has 0 aliphatic rings. The summed E-state index contributed by atoms with van der Waals surface area (Å²) in [5.74, 6) is -0.546. The summed E-state index contributed by atoms with van der Waals surface area (Å²) < 4.78 is 19.1. The van der Waals surface area contributed by atoms with Gasteiger partial charge in [-0.3, -0.25) is 9.59 Å². The predicted octanol–water partition coefficient (Wildman–Crippen LogP) is 2.89. The van der Waals surface area contributed by atoms with Gasteiger partial charge >= 0.3 is 0 Å². The third kappa shape index (κ3) is 8.40. The zero-order valence-electron chi connectivity index (χ0n) is 14.0. The van der Waals surface area contributed by atoms with Gasteiger partial charge in [-0.25, -0.2) is 4.39 Å². The number of carbonyl (C=O) groups is 2. The molecule has 1 rings (SSSR count). The summed E-state index contributed by atoms with van der Waals surface area (Å²) in [4.78, 5) is 23.6. The molecule has 7 heteroatoms. The minimum absolute atomic E-state index is 0.141. The van der Waals surface area contributed by atoms with E-state index in [0.29, 0.717) is 23.5 Å². The van der Waals surface area contributed by atoms with Crippen LogP contribution in [-0.2, 0) is 9.53 Å². The van der Waals surface area contributed by atoms with Crippen molar-refractivity contribution in [3.8, 4) is 0 Å². The summed E-state index contributed by atoms with van der Waals surface area (Å²) in [6.07, 6.45) is 0.923. The van der Waals surface area contributed by atoms with Crippen LogP contribution in [-0.4, -0.2) is 38.1 Å². The second-order valence-electron chi connectivity index (χ2n) is 5.80. The van der Waals surface area contributed by atoms with Crippen molar-refractivity contribution in [1.29, 1.82) is 0 Å². The molecule has 0 saturated carbocycles. The van der Waals surface area contributed by atoms with E-state index >= 15 is 0 Å². The molecule has 0 heterocycles. The Morgan fingerprint density at radius 2 is 2.00 bits per heavy atom. The highest BCUT2D eigenvalue weighted by molar-refractivity contribution is 9.10. The van der Waals surface area contributed by atoms with Crippen molar-refractivity contribution in [3.63, 3.8) is 0 Å². The lowest BCUT2D eigenvalue weighted by molar-refractivity contribution is -0.121. The number of nitrogens with one attached hydrogen (secondary N) is 2. The van der Waals surface area contributed by atoms with Crippen LogP contribution in [0.1, 0.15) is 37.0 Å². The van der Waals surface area contributed by atoms with Crippen molar-refractivity contribution in [2.24, 2.45) is 5.92 Å². The molecular weight excluding hydrogens is 379 g/mol. The molecule has 0 bridgehead atoms. The third-order valence-corrected chi connectivity index (χ3v) is 3.74. The topological polar surface area (TPSA) is 67.4 Å². The zero-order chi connectivity index (χ0) is 17.9. The second-order valence-corrected chi connectivity index (χ2v) is 6.66. The number of ether oxygens (including phenoxy) is 1. The van der Waals surface area contributed by atoms with Gasteiger partial charge in [-0.2, -0.15) is 0 Å². The Morgan fingerprint density at radius 3 is 2.71 bits per heavy atom. The average molecular weight is 403 g/mol. The Balaban J connectivity index is 2.16. The van der Waals surface area contributed by atoms with E-state index in [1.165, 1.54) is 12.1 Å². The van der Waals surface area contributed by atoms with Gasteiger partial charge in [0.1, 0.15) is 5.82 Å². The van der Waals surface area contributed by atoms with E-state index in [-0.39, 0.29) is 24.4 Å². The maximum absolute atomic E-state index is 13.2. The minimum atomic E-state index is -0.485. The standard InChI is InChI=1S/C17H24BrFN2O3/c1-12(2)11-24-9-3-7-20-16(22)6-8-21-17(23)14-10-13(19)4-5-15(14)18/h4-5,10,12H,3,6-9,11H2,1-2H3,(H,20,22)(H,21,23). The first-order chi connectivity index (χ1) is 11.4. The van der Waals surface area contributed by atoms with Crippen LogP contribution in [0.5, 0.6) is 0 Å². The van der Waals surface area contributed by atoms with E-state index in [2.05, 4.69) is 40.4 Å². The fraction of sp³-hybridized carbons (Fsp3) is 0.529. The van der Waals surface area contributed by atoms with E-state index in [1.807, 2.05) is 0 Å². The molecule has 2 N–H and O–H groups in total. The van der Waals surface area contributed by atoms with Gasteiger partial charge in [0.05, 0.1) is 5.56 Å². The molecule has 0 radical (unpaired) electrons. The van der Waals surface area contributed by atoms with Crippen LogP contribution in [0.15, 0.2) is 22.7 Å². The van der Waals surface area contributed by atoms with Crippen molar-refractivity contribution < 1.29 is 18.7 Å². The van der Waals surface area contributed by atoms with E-state index < -0.39 is 11.7 Å². The lowest BCUT2D eigenvalue weighted by Crippen LogP contribution is -2.31. The summed E-state index contributed by atoms with van der Waals surface area (Å²) in [6, 6.07) is 3.88. The van der Waals surface area contributed by atoms with Gasteiger partial charge in [0.15, 0.2) is 0 Å². The first-order valence-corrected chi connectivity index (χ1v) is 8.77. The molecule has 0 aliphatic heterocycles. The Morgan fingerprint density at radius 1 is 1.25 bits per heavy atom. The Labute approximate surface area is 150 Å². The summed E-state index contributed by atoms with van der Waals surface area (Å²) in [7, 11) is 0. The second kappa shape index (κ2) is 11.1. The first-order valence-electron chi connectivity index (χ1n) is 7.98. The van der Waals surface area contributed by atoms with Crippen LogP contribution >= 0.6 is 15.9 Å². The molecular formula is C17H24BrFN2O3. The molecule has 134 valence electrons. The van der Waals surface area contributed by atoms with Gasteiger partial charge in [-0.1, -0.05) is 13.8 Å². The number of rotatable bonds is 10. The molecule has 0 atom stereocenters. The van der Waals surface area contributed by atoms with Gasteiger partial charge in [-0.15, -0.1) is 0 Å². The van der Waals surface area contributed by atoms with Crippen molar-refractivity contribution >= 4 is 27.7 Å². The van der Waals surface area contributed by atoms with Crippen LogP contribution in [0.2, 0.25) is 0 Å². The van der Waals surface area contributed by atoms with Gasteiger partial charge in [0.2, 0.25) is 5.91 Å². The van der Waals surface area contributed by atoms with E-state index in [9.17, 15) is 14.0 Å². The number of halogens is 2. The third-order valence-electron chi connectivity index (χ3n) is 3.05. The highest BCUT2D eigenvalue weighted by atomic mass is 79.9. The van der Waals surface area contributed by atoms with Gasteiger partial charge in [-0.05, 0) is 46.5 Å². The molecule has 0 spiro atoms. The molecule has 0 aromatic heterocycles. The van der Waals surface area contributed by atoms with Gasteiger partial charge in [0.25, 0.3) is 5.91 Å². The maximum Gasteiger partial charge on any atom is 0.252 e. The zero-order valence-corrected chi connectivity index (χ0v) is 15.6. The maximum atomic E-state index is 13.2. The highest BCUT2D eigenvalue weighted by Crippen LogP contribution is 2.17. The van der Waals surface area contributed by atoms with Crippen molar-refractivity contribution in [2.45, 2.75) is 26.7 Å². The highest BCUT2D eigenvalue weighted by Gasteiger charge is 2.11. The molecule has 5 nitrogen and oxygen atoms in total. The lowest BCUT2D eigenvalue weighted by atomic mass is 10.2. The molecule has 0 aliphatic carbocycles. The van der Waals surface area contributed by atoms with E-state index in [4.69, 9.17) is 4.74 Å². The van der Waals surface area contributed by atoms with Crippen LogP contribution in [0.4, 0.5) is 4.39 Å². The smallest absolute Gasteiger partial charge is 0.252 e. The van der Waals surface area contributed by atoms with Gasteiger partial charge in [0, 0.05) is 37.2 Å². The minimum Gasteiger partial charge on any atom is -0.381 e.